The standard InChI is InChI=1S/C29H21FN6O2/c1-34(2)29-33-24-17-32-23-9-7-18(5-6-19-4-3-13-31-16-19)14-21(23)28(24)35(29)20-8-10-25(22(30)15-20)36-26(37)11-12-27(36)38/h3-4,7-10,13-17H,11-12H2,1-2H3. The highest BCUT2D eigenvalue weighted by Gasteiger charge is 2.32. The Kier molecular flexibility index (Phi) is 5.57. The fourth-order valence-corrected chi connectivity index (χ4v) is 4.61. The Balaban J connectivity index is 1.54. The lowest BCUT2D eigenvalue weighted by Gasteiger charge is -2.18. The minimum Gasteiger partial charge on any atom is -0.348 e. The fraction of sp³-hybridized carbons (Fsp3) is 0.138. The third-order valence-electron chi connectivity index (χ3n) is 6.36. The van der Waals surface area contributed by atoms with Gasteiger partial charge in [-0.05, 0) is 42.5 Å². The number of fused-ring (bicyclic) bond motifs is 3. The van der Waals surface area contributed by atoms with Crippen LogP contribution in [-0.4, -0.2) is 45.4 Å². The Morgan fingerprint density at radius 1 is 0.921 bits per heavy atom. The summed E-state index contributed by atoms with van der Waals surface area (Å²) in [7, 11) is 3.70. The van der Waals surface area contributed by atoms with Crippen LogP contribution in [0, 0.1) is 17.7 Å². The number of imide groups is 1. The summed E-state index contributed by atoms with van der Waals surface area (Å²) in [6, 6.07) is 13.9. The lowest BCUT2D eigenvalue weighted by Crippen LogP contribution is -2.29. The number of pyridine rings is 2. The molecule has 4 heterocycles. The predicted molar refractivity (Wildman–Crippen MR) is 143 cm³/mol. The molecule has 8 nitrogen and oxygen atoms in total. The molecule has 1 fully saturated rings. The number of nitrogens with zero attached hydrogens (tertiary/aromatic N) is 6. The second-order valence-electron chi connectivity index (χ2n) is 9.12. The van der Waals surface area contributed by atoms with Gasteiger partial charge in [-0.2, -0.15) is 0 Å². The van der Waals surface area contributed by atoms with E-state index in [1.165, 1.54) is 12.1 Å². The molecule has 2 aromatic carbocycles. The quantitative estimate of drug-likeness (QED) is 0.270. The fourth-order valence-electron chi connectivity index (χ4n) is 4.61. The molecule has 1 aliphatic heterocycles. The Morgan fingerprint density at radius 3 is 2.42 bits per heavy atom. The molecule has 0 radical (unpaired) electrons. The van der Waals surface area contributed by atoms with Crippen LogP contribution in [0.1, 0.15) is 24.0 Å². The van der Waals surface area contributed by atoms with Gasteiger partial charge in [0.1, 0.15) is 11.3 Å². The summed E-state index contributed by atoms with van der Waals surface area (Å²) in [6.07, 6.45) is 5.26. The van der Waals surface area contributed by atoms with Crippen molar-refractivity contribution in [2.75, 3.05) is 23.9 Å². The van der Waals surface area contributed by atoms with Crippen LogP contribution in [0.3, 0.4) is 0 Å². The highest BCUT2D eigenvalue weighted by molar-refractivity contribution is 6.20. The number of anilines is 2. The normalized spacial score (nSPS) is 13.3. The number of imidazole rings is 1. The molecule has 0 spiro atoms. The summed E-state index contributed by atoms with van der Waals surface area (Å²) < 4.78 is 17.2. The van der Waals surface area contributed by atoms with E-state index in [1.54, 1.807) is 24.7 Å². The third kappa shape index (κ3) is 3.92. The molecule has 0 bridgehead atoms. The van der Waals surface area contributed by atoms with Gasteiger partial charge >= 0.3 is 0 Å². The van der Waals surface area contributed by atoms with Crippen LogP contribution in [0.2, 0.25) is 0 Å². The van der Waals surface area contributed by atoms with E-state index >= 15 is 4.39 Å². The van der Waals surface area contributed by atoms with Gasteiger partial charge in [0.15, 0.2) is 0 Å². The van der Waals surface area contributed by atoms with Gasteiger partial charge in [0.25, 0.3) is 0 Å². The number of amides is 2. The third-order valence-corrected chi connectivity index (χ3v) is 6.36. The maximum atomic E-state index is 15.4. The molecule has 5 aromatic rings. The van der Waals surface area contributed by atoms with E-state index in [0.717, 1.165) is 32.4 Å². The van der Waals surface area contributed by atoms with E-state index in [1.807, 2.05) is 53.9 Å². The number of aromatic nitrogens is 4. The highest BCUT2D eigenvalue weighted by atomic mass is 19.1. The molecule has 2 amide bonds. The van der Waals surface area contributed by atoms with Crippen LogP contribution >= 0.6 is 0 Å². The van der Waals surface area contributed by atoms with Gasteiger partial charge in [-0.25, -0.2) is 14.3 Å². The molecule has 0 saturated carbocycles. The van der Waals surface area contributed by atoms with Crippen LogP contribution in [0.25, 0.3) is 27.6 Å². The molecular formula is C29H21FN6O2. The molecule has 1 saturated heterocycles. The summed E-state index contributed by atoms with van der Waals surface area (Å²) >= 11 is 0. The second-order valence-corrected chi connectivity index (χ2v) is 9.12. The van der Waals surface area contributed by atoms with Crippen molar-refractivity contribution < 1.29 is 14.0 Å². The second kappa shape index (κ2) is 9.09. The molecule has 9 heteroatoms. The van der Waals surface area contributed by atoms with Gasteiger partial charge in [-0.1, -0.05) is 11.8 Å². The zero-order valence-corrected chi connectivity index (χ0v) is 20.6. The highest BCUT2D eigenvalue weighted by Crippen LogP contribution is 2.34. The van der Waals surface area contributed by atoms with Crippen LogP contribution in [0.4, 0.5) is 16.0 Å². The van der Waals surface area contributed by atoms with Crippen molar-refractivity contribution in [1.29, 1.82) is 0 Å². The summed E-state index contributed by atoms with van der Waals surface area (Å²) in [6.45, 7) is 0. The lowest BCUT2D eigenvalue weighted by atomic mass is 10.1. The minimum atomic E-state index is -0.668. The largest absolute Gasteiger partial charge is 0.348 e. The van der Waals surface area contributed by atoms with Crippen molar-refractivity contribution in [3.8, 4) is 17.5 Å². The number of carbonyl (C=O) groups is 2. The molecule has 186 valence electrons. The van der Waals surface area contributed by atoms with Crippen LogP contribution < -0.4 is 9.80 Å². The summed E-state index contributed by atoms with van der Waals surface area (Å²) in [5, 5.41) is 0.801. The molecule has 0 aliphatic carbocycles. The molecule has 0 unspecified atom stereocenters. The molecule has 0 N–H and O–H groups in total. The van der Waals surface area contributed by atoms with Crippen molar-refractivity contribution in [3.63, 3.8) is 0 Å². The number of benzene rings is 2. The van der Waals surface area contributed by atoms with Crippen LogP contribution in [-0.2, 0) is 9.59 Å². The predicted octanol–water partition coefficient (Wildman–Crippen LogP) is 4.23. The van der Waals surface area contributed by atoms with Crippen molar-refractivity contribution in [1.82, 2.24) is 19.5 Å². The van der Waals surface area contributed by atoms with Crippen molar-refractivity contribution in [2.24, 2.45) is 0 Å². The smallest absolute Gasteiger partial charge is 0.234 e. The number of carbonyl (C=O) groups excluding carboxylic acids is 2. The topological polar surface area (TPSA) is 84.2 Å². The van der Waals surface area contributed by atoms with E-state index in [-0.39, 0.29) is 18.5 Å². The summed E-state index contributed by atoms with van der Waals surface area (Å²) in [4.78, 5) is 40.5. The molecule has 38 heavy (non-hydrogen) atoms. The number of hydrogen-bond acceptors (Lipinski definition) is 6. The first-order chi connectivity index (χ1) is 18.4. The van der Waals surface area contributed by atoms with E-state index in [4.69, 9.17) is 4.98 Å². The molecule has 6 rings (SSSR count). The van der Waals surface area contributed by atoms with Gasteiger partial charge < -0.3 is 4.90 Å². The van der Waals surface area contributed by atoms with E-state index in [0.29, 0.717) is 17.2 Å². The van der Waals surface area contributed by atoms with Gasteiger partial charge in [0.2, 0.25) is 17.8 Å². The Morgan fingerprint density at radius 2 is 1.71 bits per heavy atom. The van der Waals surface area contributed by atoms with E-state index in [9.17, 15) is 9.59 Å². The number of rotatable bonds is 3. The van der Waals surface area contributed by atoms with Crippen molar-refractivity contribution >= 4 is 45.4 Å². The van der Waals surface area contributed by atoms with E-state index in [2.05, 4.69) is 21.8 Å². The Hall–Kier alpha value is -5.10. The van der Waals surface area contributed by atoms with Crippen LogP contribution in [0.15, 0.2) is 67.1 Å². The molecule has 3 aromatic heterocycles. The van der Waals surface area contributed by atoms with Gasteiger partial charge in [-0.3, -0.25) is 24.1 Å². The zero-order chi connectivity index (χ0) is 26.4. The van der Waals surface area contributed by atoms with Crippen LogP contribution in [0.5, 0.6) is 0 Å². The number of halogens is 1. The Bertz CT molecular complexity index is 1800. The van der Waals surface area contributed by atoms with E-state index < -0.39 is 17.6 Å². The number of hydrogen-bond donors (Lipinski definition) is 0. The monoisotopic (exact) mass is 504 g/mol. The lowest BCUT2D eigenvalue weighted by molar-refractivity contribution is -0.121. The first-order valence-corrected chi connectivity index (χ1v) is 12.0. The molecular weight excluding hydrogens is 483 g/mol. The first kappa shape index (κ1) is 23.3. The van der Waals surface area contributed by atoms with Crippen molar-refractivity contribution in [3.05, 3.63) is 84.1 Å². The molecule has 1 aliphatic rings. The van der Waals surface area contributed by atoms with Gasteiger partial charge in [0, 0.05) is 61.9 Å². The average Bonchev–Trinajstić information content (AvgIpc) is 3.48. The van der Waals surface area contributed by atoms with Gasteiger partial charge in [-0.15, -0.1) is 0 Å². The molecule has 0 atom stereocenters. The first-order valence-electron chi connectivity index (χ1n) is 12.0. The average molecular weight is 505 g/mol. The maximum Gasteiger partial charge on any atom is 0.234 e. The van der Waals surface area contributed by atoms with Gasteiger partial charge in [0.05, 0.1) is 28.6 Å². The SMILES string of the molecule is CN(C)c1nc2cnc3ccc(C#Cc4cccnc4)cc3c2n1-c1ccc(N2C(=O)CCC2=O)c(F)c1. The summed E-state index contributed by atoms with van der Waals surface area (Å²) in [5.74, 6) is 5.39. The minimum absolute atomic E-state index is 0.0449. The Labute approximate surface area is 217 Å². The zero-order valence-electron chi connectivity index (χ0n) is 20.6. The van der Waals surface area contributed by atoms with Crippen molar-refractivity contribution in [2.45, 2.75) is 12.8 Å². The summed E-state index contributed by atoms with van der Waals surface area (Å²) in [5.41, 5.74) is 4.14. The maximum absolute atomic E-state index is 15.4.